The number of aromatic carboxylic acids is 1. The standard InChI is InChI=1S/C9H11NO4S/c1-15-5-8(11)10-4-6-2-3-7(14-6)9(12)13/h2-3H,4-5H2,1H3,(H,10,11)(H,12,13). The van der Waals surface area contributed by atoms with Crippen molar-refractivity contribution in [3.63, 3.8) is 0 Å². The molecule has 0 unspecified atom stereocenters. The van der Waals surface area contributed by atoms with Crippen LogP contribution in [0, 0.1) is 0 Å². The number of hydrogen-bond donors (Lipinski definition) is 2. The van der Waals surface area contributed by atoms with E-state index in [0.29, 0.717) is 11.5 Å². The van der Waals surface area contributed by atoms with Crippen LogP contribution in [0.15, 0.2) is 16.5 Å². The number of furan rings is 1. The first-order chi connectivity index (χ1) is 7.13. The van der Waals surface area contributed by atoms with E-state index in [1.165, 1.54) is 23.9 Å². The van der Waals surface area contributed by atoms with Crippen LogP contribution < -0.4 is 5.32 Å². The molecule has 0 fully saturated rings. The van der Waals surface area contributed by atoms with Gasteiger partial charge in [0.15, 0.2) is 0 Å². The summed E-state index contributed by atoms with van der Waals surface area (Å²) < 4.78 is 4.95. The summed E-state index contributed by atoms with van der Waals surface area (Å²) in [6, 6.07) is 2.89. The van der Waals surface area contributed by atoms with Crippen LogP contribution in [0.4, 0.5) is 0 Å². The number of carboxylic acids is 1. The van der Waals surface area contributed by atoms with Crippen LogP contribution in [0.25, 0.3) is 0 Å². The van der Waals surface area contributed by atoms with E-state index in [2.05, 4.69) is 5.32 Å². The minimum absolute atomic E-state index is 0.101. The number of carbonyl (C=O) groups is 2. The minimum Gasteiger partial charge on any atom is -0.475 e. The third-order valence-corrected chi connectivity index (χ3v) is 2.16. The Morgan fingerprint density at radius 2 is 2.27 bits per heavy atom. The molecule has 6 heteroatoms. The molecule has 15 heavy (non-hydrogen) atoms. The number of carbonyl (C=O) groups excluding carboxylic acids is 1. The van der Waals surface area contributed by atoms with Crippen molar-refractivity contribution in [2.24, 2.45) is 0 Å². The highest BCUT2D eigenvalue weighted by Gasteiger charge is 2.09. The van der Waals surface area contributed by atoms with Crippen LogP contribution in [0.3, 0.4) is 0 Å². The molecular formula is C9H11NO4S. The zero-order valence-corrected chi connectivity index (χ0v) is 8.97. The van der Waals surface area contributed by atoms with Crippen molar-refractivity contribution in [3.8, 4) is 0 Å². The van der Waals surface area contributed by atoms with Gasteiger partial charge in [0.25, 0.3) is 0 Å². The topological polar surface area (TPSA) is 79.5 Å². The number of rotatable bonds is 5. The molecule has 0 saturated carbocycles. The van der Waals surface area contributed by atoms with Crippen molar-refractivity contribution in [2.45, 2.75) is 6.54 Å². The smallest absolute Gasteiger partial charge is 0.371 e. The van der Waals surface area contributed by atoms with Gasteiger partial charge in [-0.3, -0.25) is 4.79 Å². The van der Waals surface area contributed by atoms with Gasteiger partial charge in [0, 0.05) is 0 Å². The number of nitrogens with one attached hydrogen (secondary N) is 1. The number of hydrogen-bond acceptors (Lipinski definition) is 4. The van der Waals surface area contributed by atoms with Gasteiger partial charge in [0.05, 0.1) is 12.3 Å². The van der Waals surface area contributed by atoms with E-state index in [9.17, 15) is 9.59 Å². The molecule has 1 amide bonds. The Morgan fingerprint density at radius 3 is 2.80 bits per heavy atom. The normalized spacial score (nSPS) is 9.93. The Morgan fingerprint density at radius 1 is 1.53 bits per heavy atom. The van der Waals surface area contributed by atoms with E-state index in [1.807, 2.05) is 6.26 Å². The molecular weight excluding hydrogens is 218 g/mol. The zero-order valence-electron chi connectivity index (χ0n) is 8.15. The summed E-state index contributed by atoms with van der Waals surface area (Å²) in [5.41, 5.74) is 0. The molecule has 0 bridgehead atoms. The molecule has 1 rings (SSSR count). The molecule has 1 heterocycles. The molecule has 0 atom stereocenters. The summed E-state index contributed by atoms with van der Waals surface area (Å²) in [7, 11) is 0. The van der Waals surface area contributed by atoms with Gasteiger partial charge < -0.3 is 14.8 Å². The van der Waals surface area contributed by atoms with Crippen molar-refractivity contribution in [1.29, 1.82) is 0 Å². The molecule has 0 spiro atoms. The average molecular weight is 229 g/mol. The van der Waals surface area contributed by atoms with Crippen LogP contribution >= 0.6 is 11.8 Å². The van der Waals surface area contributed by atoms with Gasteiger partial charge in [-0.2, -0.15) is 11.8 Å². The van der Waals surface area contributed by atoms with Gasteiger partial charge >= 0.3 is 5.97 Å². The van der Waals surface area contributed by atoms with Gasteiger partial charge in [-0.15, -0.1) is 0 Å². The van der Waals surface area contributed by atoms with Crippen LogP contribution in [0.5, 0.6) is 0 Å². The summed E-state index contributed by atoms with van der Waals surface area (Å²) in [5, 5.41) is 11.2. The van der Waals surface area contributed by atoms with E-state index in [4.69, 9.17) is 9.52 Å². The van der Waals surface area contributed by atoms with Gasteiger partial charge in [-0.05, 0) is 18.4 Å². The first-order valence-corrected chi connectivity index (χ1v) is 5.60. The fourth-order valence-electron chi connectivity index (χ4n) is 0.956. The Balaban J connectivity index is 2.44. The lowest BCUT2D eigenvalue weighted by Gasteiger charge is -2.00. The summed E-state index contributed by atoms with van der Waals surface area (Å²) in [6.45, 7) is 0.215. The molecule has 0 aliphatic heterocycles. The third-order valence-electron chi connectivity index (χ3n) is 1.61. The Kier molecular flexibility index (Phi) is 4.23. The Hall–Kier alpha value is -1.43. The maximum absolute atomic E-state index is 11.1. The lowest BCUT2D eigenvalue weighted by molar-refractivity contribution is -0.118. The highest BCUT2D eigenvalue weighted by molar-refractivity contribution is 7.99. The van der Waals surface area contributed by atoms with E-state index in [-0.39, 0.29) is 18.2 Å². The maximum Gasteiger partial charge on any atom is 0.371 e. The minimum atomic E-state index is -1.11. The molecule has 0 aliphatic carbocycles. The van der Waals surface area contributed by atoms with Crippen LogP contribution in [0.1, 0.15) is 16.3 Å². The molecule has 2 N–H and O–H groups in total. The number of amides is 1. The molecule has 1 aromatic heterocycles. The van der Waals surface area contributed by atoms with E-state index < -0.39 is 5.97 Å². The summed E-state index contributed by atoms with van der Waals surface area (Å²) in [4.78, 5) is 21.5. The zero-order chi connectivity index (χ0) is 11.3. The molecule has 0 saturated heterocycles. The van der Waals surface area contributed by atoms with Crippen molar-refractivity contribution >= 4 is 23.6 Å². The van der Waals surface area contributed by atoms with Gasteiger partial charge in [0.2, 0.25) is 11.7 Å². The maximum atomic E-state index is 11.1. The van der Waals surface area contributed by atoms with Crippen molar-refractivity contribution in [3.05, 3.63) is 23.7 Å². The Bertz CT molecular complexity index is 361. The second-order valence-electron chi connectivity index (χ2n) is 2.78. The molecule has 1 aromatic rings. The molecule has 0 aliphatic rings. The molecule has 5 nitrogen and oxygen atoms in total. The summed E-state index contributed by atoms with van der Waals surface area (Å²) >= 11 is 1.42. The molecule has 0 aromatic carbocycles. The van der Waals surface area contributed by atoms with E-state index >= 15 is 0 Å². The van der Waals surface area contributed by atoms with E-state index in [1.54, 1.807) is 0 Å². The van der Waals surface area contributed by atoms with Gasteiger partial charge in [0.1, 0.15) is 5.76 Å². The highest BCUT2D eigenvalue weighted by atomic mass is 32.2. The Labute approximate surface area is 90.8 Å². The lowest BCUT2D eigenvalue weighted by atomic mass is 10.4. The van der Waals surface area contributed by atoms with E-state index in [0.717, 1.165) is 0 Å². The lowest BCUT2D eigenvalue weighted by Crippen LogP contribution is -2.24. The second kappa shape index (κ2) is 5.45. The predicted octanol–water partition coefficient (Wildman–Crippen LogP) is 0.957. The van der Waals surface area contributed by atoms with Crippen molar-refractivity contribution in [2.75, 3.05) is 12.0 Å². The first-order valence-electron chi connectivity index (χ1n) is 4.21. The fraction of sp³-hybridized carbons (Fsp3) is 0.333. The number of thioether (sulfide) groups is 1. The largest absolute Gasteiger partial charge is 0.475 e. The SMILES string of the molecule is CSCC(=O)NCc1ccc(C(=O)O)o1. The van der Waals surface area contributed by atoms with Gasteiger partial charge in [-0.1, -0.05) is 0 Å². The predicted molar refractivity (Wildman–Crippen MR) is 55.9 cm³/mol. The third kappa shape index (κ3) is 3.67. The van der Waals surface area contributed by atoms with Crippen molar-refractivity contribution in [1.82, 2.24) is 5.32 Å². The van der Waals surface area contributed by atoms with Crippen molar-refractivity contribution < 1.29 is 19.1 Å². The average Bonchev–Trinajstić information content (AvgIpc) is 2.63. The number of carboxylic acid groups (broad SMARTS) is 1. The van der Waals surface area contributed by atoms with Gasteiger partial charge in [-0.25, -0.2) is 4.79 Å². The molecule has 82 valence electrons. The van der Waals surface area contributed by atoms with Crippen LogP contribution in [-0.2, 0) is 11.3 Å². The quantitative estimate of drug-likeness (QED) is 0.786. The molecule has 0 radical (unpaired) electrons. The van der Waals surface area contributed by atoms with Crippen LogP contribution in [0.2, 0.25) is 0 Å². The monoisotopic (exact) mass is 229 g/mol. The summed E-state index contributed by atoms with van der Waals surface area (Å²) in [5.74, 6) is -0.523. The highest BCUT2D eigenvalue weighted by Crippen LogP contribution is 2.07. The second-order valence-corrected chi connectivity index (χ2v) is 3.65. The van der Waals surface area contributed by atoms with Crippen LogP contribution in [-0.4, -0.2) is 29.0 Å². The summed E-state index contributed by atoms with van der Waals surface area (Å²) in [6.07, 6.45) is 1.83. The first kappa shape index (κ1) is 11.6. The fourth-order valence-corrected chi connectivity index (χ4v) is 1.32.